The zero-order valence-corrected chi connectivity index (χ0v) is 19.3. The van der Waals surface area contributed by atoms with Crippen LogP contribution in [0.25, 0.3) is 6.08 Å². The van der Waals surface area contributed by atoms with Crippen molar-refractivity contribution in [1.82, 2.24) is 0 Å². The van der Waals surface area contributed by atoms with Gasteiger partial charge in [0, 0.05) is 15.6 Å². The number of carbonyl (C=O) groups is 1. The third-order valence-corrected chi connectivity index (χ3v) is 7.12. The molecule has 2 atom stereocenters. The summed E-state index contributed by atoms with van der Waals surface area (Å²) in [7, 11) is 1.64. The standard InChI is InChI=1S/C26H24ClNO2S/c1-18(17-19-7-5-4-6-8-19)24-26(2,31-23-15-9-20(27)10-16-23)25(29)28(24)21-11-13-22(30-3)14-12-21/h4-17,24H,1-3H3/b18-17+/t24-,26-/m0/s1. The highest BCUT2D eigenvalue weighted by molar-refractivity contribution is 8.01. The van der Waals surface area contributed by atoms with Crippen LogP contribution in [0.5, 0.6) is 5.75 Å². The Morgan fingerprint density at radius 3 is 2.29 bits per heavy atom. The summed E-state index contributed by atoms with van der Waals surface area (Å²) in [6.45, 7) is 4.13. The predicted octanol–water partition coefficient (Wildman–Crippen LogP) is 6.72. The van der Waals surface area contributed by atoms with E-state index in [-0.39, 0.29) is 11.9 Å². The van der Waals surface area contributed by atoms with Gasteiger partial charge in [0.25, 0.3) is 0 Å². The quantitative estimate of drug-likeness (QED) is 0.391. The summed E-state index contributed by atoms with van der Waals surface area (Å²) in [4.78, 5) is 16.4. The van der Waals surface area contributed by atoms with Gasteiger partial charge in [0.1, 0.15) is 10.5 Å². The number of rotatable bonds is 6. The van der Waals surface area contributed by atoms with E-state index in [1.165, 1.54) is 0 Å². The molecule has 1 fully saturated rings. The van der Waals surface area contributed by atoms with E-state index in [9.17, 15) is 4.79 Å². The predicted molar refractivity (Wildman–Crippen MR) is 130 cm³/mol. The van der Waals surface area contributed by atoms with Gasteiger partial charge >= 0.3 is 0 Å². The van der Waals surface area contributed by atoms with Gasteiger partial charge in [-0.2, -0.15) is 0 Å². The number of nitrogens with zero attached hydrogens (tertiary/aromatic N) is 1. The number of thioether (sulfide) groups is 1. The summed E-state index contributed by atoms with van der Waals surface area (Å²) in [5.41, 5.74) is 3.12. The van der Waals surface area contributed by atoms with Gasteiger partial charge in [-0.15, -0.1) is 11.8 Å². The Balaban J connectivity index is 1.72. The lowest BCUT2D eigenvalue weighted by Crippen LogP contribution is -2.71. The van der Waals surface area contributed by atoms with Crippen molar-refractivity contribution in [3.05, 3.63) is 95.0 Å². The van der Waals surface area contributed by atoms with Crippen molar-refractivity contribution in [2.24, 2.45) is 0 Å². The number of anilines is 1. The minimum absolute atomic E-state index is 0.0865. The maximum Gasteiger partial charge on any atom is 0.246 e. The van der Waals surface area contributed by atoms with Crippen LogP contribution >= 0.6 is 23.4 Å². The zero-order chi connectivity index (χ0) is 22.0. The summed E-state index contributed by atoms with van der Waals surface area (Å²) >= 11 is 7.64. The Morgan fingerprint density at radius 1 is 1.03 bits per heavy atom. The molecular weight excluding hydrogens is 426 g/mol. The molecule has 0 unspecified atom stereocenters. The number of methoxy groups -OCH3 is 1. The van der Waals surface area contributed by atoms with Crippen molar-refractivity contribution in [1.29, 1.82) is 0 Å². The van der Waals surface area contributed by atoms with Gasteiger partial charge in [-0.25, -0.2) is 0 Å². The van der Waals surface area contributed by atoms with E-state index in [1.54, 1.807) is 18.9 Å². The van der Waals surface area contributed by atoms with Crippen LogP contribution in [0.1, 0.15) is 19.4 Å². The molecule has 0 aromatic heterocycles. The second-order valence-electron chi connectivity index (χ2n) is 7.74. The van der Waals surface area contributed by atoms with Crippen LogP contribution in [-0.2, 0) is 4.79 Å². The number of benzene rings is 3. The van der Waals surface area contributed by atoms with Crippen LogP contribution in [0.3, 0.4) is 0 Å². The lowest BCUT2D eigenvalue weighted by Gasteiger charge is -2.54. The molecule has 0 radical (unpaired) electrons. The van der Waals surface area contributed by atoms with Crippen molar-refractivity contribution >= 4 is 41.0 Å². The first-order valence-corrected chi connectivity index (χ1v) is 11.3. The third kappa shape index (κ3) is 4.23. The average Bonchev–Trinajstić information content (AvgIpc) is 2.79. The summed E-state index contributed by atoms with van der Waals surface area (Å²) < 4.78 is 4.66. The van der Waals surface area contributed by atoms with Crippen LogP contribution in [-0.4, -0.2) is 23.8 Å². The van der Waals surface area contributed by atoms with Crippen molar-refractivity contribution in [2.45, 2.75) is 29.5 Å². The van der Waals surface area contributed by atoms with Gasteiger partial charge in [0.05, 0.1) is 13.2 Å². The normalized spacial score (nSPS) is 21.0. The number of hydrogen-bond donors (Lipinski definition) is 0. The Hall–Kier alpha value is -2.69. The minimum Gasteiger partial charge on any atom is -0.497 e. The number of ether oxygens (including phenoxy) is 1. The fourth-order valence-corrected chi connectivity index (χ4v) is 5.52. The molecule has 5 heteroatoms. The van der Waals surface area contributed by atoms with Crippen molar-refractivity contribution < 1.29 is 9.53 Å². The highest BCUT2D eigenvalue weighted by Gasteiger charge is 2.59. The molecule has 1 aliphatic heterocycles. The first-order valence-electron chi connectivity index (χ1n) is 10.1. The van der Waals surface area contributed by atoms with Crippen LogP contribution in [0.2, 0.25) is 5.02 Å². The topological polar surface area (TPSA) is 29.5 Å². The molecule has 0 aliphatic carbocycles. The van der Waals surface area contributed by atoms with Crippen LogP contribution in [0.15, 0.2) is 89.3 Å². The molecule has 0 spiro atoms. The second-order valence-corrected chi connectivity index (χ2v) is 9.70. The van der Waals surface area contributed by atoms with E-state index in [2.05, 4.69) is 25.1 Å². The van der Waals surface area contributed by atoms with Gasteiger partial charge in [-0.05, 0) is 73.5 Å². The van der Waals surface area contributed by atoms with E-state index in [1.807, 2.05) is 78.6 Å². The smallest absolute Gasteiger partial charge is 0.246 e. The maximum absolute atomic E-state index is 13.5. The Kier molecular flexibility index (Phi) is 6.12. The third-order valence-electron chi connectivity index (χ3n) is 5.54. The van der Waals surface area contributed by atoms with E-state index >= 15 is 0 Å². The van der Waals surface area contributed by atoms with E-state index in [4.69, 9.17) is 16.3 Å². The number of hydrogen-bond acceptors (Lipinski definition) is 3. The number of carbonyl (C=O) groups excluding carboxylic acids is 1. The molecule has 0 bridgehead atoms. The molecule has 158 valence electrons. The summed E-state index contributed by atoms with van der Waals surface area (Å²) in [6, 6.07) is 25.4. The molecule has 4 rings (SSSR count). The molecule has 1 aliphatic rings. The van der Waals surface area contributed by atoms with Gasteiger partial charge in [-0.1, -0.05) is 48.0 Å². The maximum atomic E-state index is 13.5. The number of halogens is 1. The van der Waals surface area contributed by atoms with Crippen LogP contribution in [0.4, 0.5) is 5.69 Å². The molecule has 3 nitrogen and oxygen atoms in total. The van der Waals surface area contributed by atoms with Crippen molar-refractivity contribution in [3.8, 4) is 5.75 Å². The fourth-order valence-electron chi connectivity index (χ4n) is 4.04. The van der Waals surface area contributed by atoms with Crippen molar-refractivity contribution in [2.75, 3.05) is 12.0 Å². The van der Waals surface area contributed by atoms with E-state index < -0.39 is 4.75 Å². The first kappa shape index (κ1) is 21.5. The van der Waals surface area contributed by atoms with Gasteiger partial charge in [0.2, 0.25) is 5.91 Å². The molecule has 3 aromatic rings. The Bertz CT molecular complexity index is 1100. The lowest BCUT2D eigenvalue weighted by molar-refractivity contribution is -0.126. The summed E-state index contributed by atoms with van der Waals surface area (Å²) in [6.07, 6.45) is 2.16. The van der Waals surface area contributed by atoms with E-state index in [0.29, 0.717) is 5.02 Å². The summed E-state index contributed by atoms with van der Waals surface area (Å²) in [5, 5.41) is 0.686. The Morgan fingerprint density at radius 2 is 1.68 bits per heavy atom. The van der Waals surface area contributed by atoms with E-state index in [0.717, 1.165) is 27.5 Å². The molecule has 0 saturated carbocycles. The highest BCUT2D eigenvalue weighted by Crippen LogP contribution is 2.50. The molecule has 3 aromatic carbocycles. The van der Waals surface area contributed by atoms with Crippen LogP contribution < -0.4 is 9.64 Å². The molecule has 1 heterocycles. The molecular formula is C26H24ClNO2S. The van der Waals surface area contributed by atoms with Gasteiger partial charge < -0.3 is 9.64 Å². The van der Waals surface area contributed by atoms with Crippen LogP contribution in [0, 0.1) is 0 Å². The first-order chi connectivity index (χ1) is 14.9. The summed E-state index contributed by atoms with van der Waals surface area (Å²) in [5.74, 6) is 0.853. The molecule has 0 N–H and O–H groups in total. The minimum atomic E-state index is -0.622. The zero-order valence-electron chi connectivity index (χ0n) is 17.7. The van der Waals surface area contributed by atoms with Gasteiger partial charge in [-0.3, -0.25) is 4.79 Å². The molecule has 1 amide bonds. The SMILES string of the molecule is COc1ccc(N2C(=O)[C@@](C)(Sc3ccc(Cl)cc3)[C@@H]2/C(C)=C/c2ccccc2)cc1. The Labute approximate surface area is 192 Å². The second kappa shape index (κ2) is 8.81. The lowest BCUT2D eigenvalue weighted by atomic mass is 9.81. The molecule has 1 saturated heterocycles. The van der Waals surface area contributed by atoms with Gasteiger partial charge in [0.15, 0.2) is 0 Å². The number of β-lactam (4-membered cyclic amide) rings is 1. The number of amides is 1. The monoisotopic (exact) mass is 449 g/mol. The molecule has 31 heavy (non-hydrogen) atoms. The van der Waals surface area contributed by atoms with Crippen molar-refractivity contribution in [3.63, 3.8) is 0 Å². The highest BCUT2D eigenvalue weighted by atomic mass is 35.5. The average molecular weight is 450 g/mol. The fraction of sp³-hybridized carbons (Fsp3) is 0.192. The largest absolute Gasteiger partial charge is 0.497 e.